The third-order valence-corrected chi connectivity index (χ3v) is 5.64. The number of methoxy groups -OCH3 is 2. The van der Waals surface area contributed by atoms with Crippen LogP contribution in [-0.4, -0.2) is 37.7 Å². The van der Waals surface area contributed by atoms with Crippen molar-refractivity contribution in [2.24, 2.45) is 0 Å². The summed E-state index contributed by atoms with van der Waals surface area (Å²) < 4.78 is 16.3. The molecule has 0 bridgehead atoms. The molecule has 1 amide bonds. The van der Waals surface area contributed by atoms with Crippen LogP contribution in [0.4, 0.5) is 0 Å². The second kappa shape index (κ2) is 12.4. The highest BCUT2D eigenvalue weighted by atomic mass is 16.6. The minimum Gasteiger partial charge on any atom is -0.497 e. The summed E-state index contributed by atoms with van der Waals surface area (Å²) in [4.78, 5) is 22.4. The molecule has 0 spiro atoms. The highest BCUT2D eigenvalue weighted by Crippen LogP contribution is 2.31. The fraction of sp³-hybridized carbons (Fsp3) is 0.346. The number of hydrogen-bond acceptors (Lipinski definition) is 6. The molecule has 1 aliphatic rings. The molecular weight excluding hydrogens is 436 g/mol. The Morgan fingerprint density at radius 3 is 2.41 bits per heavy atom. The molecule has 0 aromatic heterocycles. The van der Waals surface area contributed by atoms with Gasteiger partial charge in [0.25, 0.3) is 5.91 Å². The third kappa shape index (κ3) is 7.37. The van der Waals surface area contributed by atoms with E-state index in [0.717, 1.165) is 37.4 Å². The topological polar surface area (TPSA) is 99.9 Å². The summed E-state index contributed by atoms with van der Waals surface area (Å²) in [5.74, 6) is 1.55. The Morgan fingerprint density at radius 2 is 1.76 bits per heavy atom. The van der Waals surface area contributed by atoms with E-state index < -0.39 is 4.92 Å². The number of carbonyl (C=O) groups is 1. The van der Waals surface area contributed by atoms with Crippen LogP contribution in [0.2, 0.25) is 0 Å². The van der Waals surface area contributed by atoms with Crippen LogP contribution in [-0.2, 0) is 4.79 Å². The van der Waals surface area contributed by atoms with E-state index >= 15 is 0 Å². The van der Waals surface area contributed by atoms with Crippen molar-refractivity contribution in [3.05, 3.63) is 69.4 Å². The average molecular weight is 467 g/mol. The predicted octanol–water partition coefficient (Wildman–Crippen LogP) is 4.95. The molecule has 0 radical (unpaired) electrons. The first-order chi connectivity index (χ1) is 16.5. The van der Waals surface area contributed by atoms with E-state index in [4.69, 9.17) is 14.2 Å². The Hall–Kier alpha value is -3.81. The summed E-state index contributed by atoms with van der Waals surface area (Å²) in [6, 6.07) is 11.1. The number of hydrogen-bond donors (Lipinski definition) is 1. The zero-order valence-corrected chi connectivity index (χ0v) is 19.5. The van der Waals surface area contributed by atoms with Gasteiger partial charge in [0, 0.05) is 23.7 Å². The molecule has 8 nitrogen and oxygen atoms in total. The Balaban J connectivity index is 1.66. The standard InChI is InChI=1S/C26H30N2O6/c1-32-23-16-20(24(14-15-28(30)31)25(17-23)33-2)11-8-19-9-12-22(13-10-19)34-18-26(29)27-21-6-4-3-5-7-21/h8-17,21H,3-7,18H2,1-2H3,(H,27,29)/b11-8+,15-14+. The van der Waals surface area contributed by atoms with Crippen LogP contribution >= 0.6 is 0 Å². The minimum absolute atomic E-state index is 0.0125. The number of ether oxygens (including phenoxy) is 3. The van der Waals surface area contributed by atoms with Crippen LogP contribution in [0.25, 0.3) is 18.2 Å². The number of carbonyl (C=O) groups excluding carboxylic acids is 1. The molecule has 1 N–H and O–H groups in total. The lowest BCUT2D eigenvalue weighted by molar-refractivity contribution is -0.400. The SMILES string of the molecule is COc1cc(/C=C/c2ccc(OCC(=O)NC3CCCCC3)cc2)c(/C=C/[N+](=O)[O-])c(OC)c1. The Kier molecular flexibility index (Phi) is 9.08. The highest BCUT2D eigenvalue weighted by molar-refractivity contribution is 5.79. The van der Waals surface area contributed by atoms with Gasteiger partial charge in [-0.05, 0) is 42.2 Å². The molecule has 3 rings (SSSR count). The summed E-state index contributed by atoms with van der Waals surface area (Å²) in [7, 11) is 3.04. The molecule has 0 unspecified atom stereocenters. The first-order valence-corrected chi connectivity index (χ1v) is 11.3. The first kappa shape index (κ1) is 24.8. The van der Waals surface area contributed by atoms with Crippen molar-refractivity contribution >= 4 is 24.1 Å². The normalized spacial score (nSPS) is 14.3. The zero-order valence-electron chi connectivity index (χ0n) is 19.5. The van der Waals surface area contributed by atoms with Crippen molar-refractivity contribution in [1.82, 2.24) is 5.32 Å². The van der Waals surface area contributed by atoms with E-state index in [1.165, 1.54) is 19.6 Å². The van der Waals surface area contributed by atoms with Gasteiger partial charge in [0.1, 0.15) is 17.2 Å². The average Bonchev–Trinajstić information content (AvgIpc) is 2.85. The fourth-order valence-electron chi connectivity index (χ4n) is 3.89. The van der Waals surface area contributed by atoms with E-state index in [1.54, 1.807) is 31.4 Å². The van der Waals surface area contributed by atoms with Crippen molar-refractivity contribution in [1.29, 1.82) is 0 Å². The molecule has 0 aliphatic heterocycles. The number of nitrogens with zero attached hydrogens (tertiary/aromatic N) is 1. The van der Waals surface area contributed by atoms with Gasteiger partial charge in [-0.15, -0.1) is 0 Å². The van der Waals surface area contributed by atoms with Crippen molar-refractivity contribution in [3.8, 4) is 17.2 Å². The molecule has 1 aliphatic carbocycles. The monoisotopic (exact) mass is 466 g/mol. The van der Waals surface area contributed by atoms with Crippen LogP contribution in [0.3, 0.4) is 0 Å². The van der Waals surface area contributed by atoms with Gasteiger partial charge in [0.05, 0.1) is 19.1 Å². The van der Waals surface area contributed by atoms with E-state index in [0.29, 0.717) is 28.4 Å². The molecule has 1 fully saturated rings. The Morgan fingerprint density at radius 1 is 1.03 bits per heavy atom. The molecule has 2 aromatic carbocycles. The van der Waals surface area contributed by atoms with Crippen molar-refractivity contribution < 1.29 is 23.9 Å². The molecule has 0 saturated heterocycles. The Bertz CT molecular complexity index is 1040. The number of nitro groups is 1. The Labute approximate surface area is 199 Å². The largest absolute Gasteiger partial charge is 0.497 e. The minimum atomic E-state index is -0.523. The predicted molar refractivity (Wildman–Crippen MR) is 131 cm³/mol. The lowest BCUT2D eigenvalue weighted by Gasteiger charge is -2.22. The van der Waals surface area contributed by atoms with Gasteiger partial charge in [-0.1, -0.05) is 43.5 Å². The fourth-order valence-corrected chi connectivity index (χ4v) is 3.89. The van der Waals surface area contributed by atoms with Crippen molar-refractivity contribution in [2.75, 3.05) is 20.8 Å². The first-order valence-electron chi connectivity index (χ1n) is 11.3. The number of rotatable bonds is 10. The summed E-state index contributed by atoms with van der Waals surface area (Å²) in [6.45, 7) is -0.0125. The molecule has 180 valence electrons. The third-order valence-electron chi connectivity index (χ3n) is 5.64. The maximum absolute atomic E-state index is 12.1. The molecule has 0 atom stereocenters. The van der Waals surface area contributed by atoms with Crippen LogP contribution in [0, 0.1) is 10.1 Å². The van der Waals surface area contributed by atoms with E-state index in [-0.39, 0.29) is 18.6 Å². The second-order valence-electron chi connectivity index (χ2n) is 8.03. The van der Waals surface area contributed by atoms with E-state index in [1.807, 2.05) is 24.3 Å². The molecular formula is C26H30N2O6. The summed E-state index contributed by atoms with van der Waals surface area (Å²) >= 11 is 0. The lowest BCUT2D eigenvalue weighted by Crippen LogP contribution is -2.38. The summed E-state index contributed by atoms with van der Waals surface area (Å²) in [5, 5.41) is 13.8. The van der Waals surface area contributed by atoms with Crippen molar-refractivity contribution in [3.63, 3.8) is 0 Å². The van der Waals surface area contributed by atoms with Crippen LogP contribution in [0.15, 0.2) is 42.6 Å². The van der Waals surface area contributed by atoms with Gasteiger partial charge in [-0.2, -0.15) is 0 Å². The van der Waals surface area contributed by atoms with Gasteiger partial charge in [0.2, 0.25) is 6.20 Å². The highest BCUT2D eigenvalue weighted by Gasteiger charge is 2.15. The molecule has 2 aromatic rings. The maximum Gasteiger partial charge on any atom is 0.258 e. The van der Waals surface area contributed by atoms with Gasteiger partial charge in [0.15, 0.2) is 6.61 Å². The molecule has 1 saturated carbocycles. The van der Waals surface area contributed by atoms with Gasteiger partial charge in [-0.25, -0.2) is 0 Å². The van der Waals surface area contributed by atoms with E-state index in [2.05, 4.69) is 5.32 Å². The van der Waals surface area contributed by atoms with Crippen LogP contribution in [0.5, 0.6) is 17.2 Å². The summed E-state index contributed by atoms with van der Waals surface area (Å²) in [6.07, 6.45) is 11.6. The van der Waals surface area contributed by atoms with Gasteiger partial charge >= 0.3 is 0 Å². The maximum atomic E-state index is 12.1. The van der Waals surface area contributed by atoms with E-state index in [9.17, 15) is 14.9 Å². The second-order valence-corrected chi connectivity index (χ2v) is 8.03. The smallest absolute Gasteiger partial charge is 0.258 e. The zero-order chi connectivity index (χ0) is 24.3. The lowest BCUT2D eigenvalue weighted by atomic mass is 9.95. The number of benzene rings is 2. The van der Waals surface area contributed by atoms with Gasteiger partial charge in [-0.3, -0.25) is 14.9 Å². The molecule has 8 heteroatoms. The number of nitrogens with one attached hydrogen (secondary N) is 1. The van der Waals surface area contributed by atoms with Crippen LogP contribution in [0.1, 0.15) is 48.8 Å². The van der Waals surface area contributed by atoms with Crippen molar-refractivity contribution in [2.45, 2.75) is 38.1 Å². The van der Waals surface area contributed by atoms with Crippen LogP contribution < -0.4 is 19.5 Å². The number of amides is 1. The summed E-state index contributed by atoms with van der Waals surface area (Å²) in [5.41, 5.74) is 2.17. The quantitative estimate of drug-likeness (QED) is 0.302. The molecule has 0 heterocycles. The van der Waals surface area contributed by atoms with Gasteiger partial charge < -0.3 is 19.5 Å². The molecule has 34 heavy (non-hydrogen) atoms.